The van der Waals surface area contributed by atoms with E-state index in [2.05, 4.69) is 12.1 Å². The van der Waals surface area contributed by atoms with Gasteiger partial charge in [0, 0.05) is 10.6 Å². The van der Waals surface area contributed by atoms with Crippen molar-refractivity contribution in [3.63, 3.8) is 0 Å². The molecular formula is C25H22ClNO5. The van der Waals surface area contributed by atoms with Gasteiger partial charge in [-0.25, -0.2) is 4.79 Å². The Morgan fingerprint density at radius 1 is 1.06 bits per heavy atom. The molecule has 0 saturated heterocycles. The number of benzene rings is 3. The summed E-state index contributed by atoms with van der Waals surface area (Å²) in [7, 11) is 0. The van der Waals surface area contributed by atoms with Gasteiger partial charge < -0.3 is 19.1 Å². The Kier molecular flexibility index (Phi) is 6.32. The summed E-state index contributed by atoms with van der Waals surface area (Å²) in [5, 5.41) is 14.8. The molecule has 3 aromatic carbocycles. The van der Waals surface area contributed by atoms with E-state index >= 15 is 0 Å². The van der Waals surface area contributed by atoms with Crippen molar-refractivity contribution < 1.29 is 23.9 Å². The summed E-state index contributed by atoms with van der Waals surface area (Å²) in [4.78, 5) is 11.1. The van der Waals surface area contributed by atoms with Crippen molar-refractivity contribution in [3.05, 3.63) is 71.2 Å². The van der Waals surface area contributed by atoms with Crippen LogP contribution >= 0.6 is 11.6 Å². The molecule has 1 unspecified atom stereocenters. The quantitative estimate of drug-likeness (QED) is 0.319. The molecule has 4 rings (SSSR count). The summed E-state index contributed by atoms with van der Waals surface area (Å²) < 4.78 is 17.0. The zero-order valence-corrected chi connectivity index (χ0v) is 18.4. The third-order valence-electron chi connectivity index (χ3n) is 5.00. The summed E-state index contributed by atoms with van der Waals surface area (Å²) in [6.45, 7) is 3.59. The molecule has 0 spiro atoms. The van der Waals surface area contributed by atoms with E-state index in [-0.39, 0.29) is 0 Å². The zero-order chi connectivity index (χ0) is 22.7. The first-order valence-corrected chi connectivity index (χ1v) is 10.7. The molecule has 0 aliphatic heterocycles. The SMILES string of the molecule is CCCc1cc(Oc2ccc(Cl)cc2)ccc1-c1noc2ccc(OC(C)C(=O)O)cc12. The molecule has 0 radical (unpaired) electrons. The minimum absolute atomic E-state index is 0.441. The van der Waals surface area contributed by atoms with Gasteiger partial charge in [0.25, 0.3) is 0 Å². The average molecular weight is 452 g/mol. The Labute approximate surface area is 190 Å². The van der Waals surface area contributed by atoms with Gasteiger partial charge in [-0.05, 0) is 79.6 Å². The van der Waals surface area contributed by atoms with E-state index in [1.54, 1.807) is 30.3 Å². The van der Waals surface area contributed by atoms with Crippen molar-refractivity contribution in [2.45, 2.75) is 32.8 Å². The molecule has 0 fully saturated rings. The number of carboxylic acids is 1. The maximum atomic E-state index is 11.1. The number of carbonyl (C=O) groups is 1. The third kappa shape index (κ3) is 4.70. The molecule has 32 heavy (non-hydrogen) atoms. The number of hydrogen-bond acceptors (Lipinski definition) is 5. The number of fused-ring (bicyclic) bond motifs is 1. The largest absolute Gasteiger partial charge is 0.479 e. The highest BCUT2D eigenvalue weighted by Gasteiger charge is 2.18. The van der Waals surface area contributed by atoms with Gasteiger partial charge in [0.2, 0.25) is 0 Å². The van der Waals surface area contributed by atoms with Crippen molar-refractivity contribution in [2.24, 2.45) is 0 Å². The number of ether oxygens (including phenoxy) is 2. The number of hydrogen-bond donors (Lipinski definition) is 1. The lowest BCUT2D eigenvalue weighted by molar-refractivity contribution is -0.144. The van der Waals surface area contributed by atoms with Crippen LogP contribution in [0.3, 0.4) is 0 Å². The van der Waals surface area contributed by atoms with Gasteiger partial charge in [-0.3, -0.25) is 0 Å². The molecule has 0 saturated carbocycles. The minimum Gasteiger partial charge on any atom is -0.479 e. The second kappa shape index (κ2) is 9.32. The summed E-state index contributed by atoms with van der Waals surface area (Å²) in [6, 6.07) is 18.2. The predicted molar refractivity (Wildman–Crippen MR) is 123 cm³/mol. The van der Waals surface area contributed by atoms with Gasteiger partial charge >= 0.3 is 5.97 Å². The maximum Gasteiger partial charge on any atom is 0.344 e. The molecule has 6 nitrogen and oxygen atoms in total. The minimum atomic E-state index is -1.03. The van der Waals surface area contributed by atoms with Gasteiger partial charge in [-0.2, -0.15) is 0 Å². The van der Waals surface area contributed by atoms with E-state index in [0.717, 1.165) is 29.4 Å². The fourth-order valence-electron chi connectivity index (χ4n) is 3.42. The number of nitrogens with zero attached hydrogens (tertiary/aromatic N) is 1. The topological polar surface area (TPSA) is 81.8 Å². The van der Waals surface area contributed by atoms with Crippen molar-refractivity contribution in [1.82, 2.24) is 5.16 Å². The lowest BCUT2D eigenvalue weighted by Gasteiger charge is -2.12. The second-order valence-electron chi connectivity index (χ2n) is 7.41. The number of aryl methyl sites for hydroxylation is 1. The van der Waals surface area contributed by atoms with Crippen molar-refractivity contribution >= 4 is 28.5 Å². The molecule has 1 N–H and O–H groups in total. The van der Waals surface area contributed by atoms with Crippen LogP contribution in [0.4, 0.5) is 0 Å². The van der Waals surface area contributed by atoms with Gasteiger partial charge in [0.05, 0.1) is 5.39 Å². The second-order valence-corrected chi connectivity index (χ2v) is 7.85. The fraction of sp³-hybridized carbons (Fsp3) is 0.200. The van der Waals surface area contributed by atoms with E-state index in [4.69, 9.17) is 30.7 Å². The van der Waals surface area contributed by atoms with Gasteiger partial charge in [-0.15, -0.1) is 0 Å². The van der Waals surface area contributed by atoms with Crippen LogP contribution in [0.25, 0.3) is 22.2 Å². The first-order chi connectivity index (χ1) is 15.4. The van der Waals surface area contributed by atoms with Gasteiger partial charge in [0.15, 0.2) is 11.7 Å². The van der Waals surface area contributed by atoms with Gasteiger partial charge in [0.1, 0.15) is 22.9 Å². The first kappa shape index (κ1) is 21.7. The van der Waals surface area contributed by atoms with E-state index in [1.807, 2.05) is 30.3 Å². The van der Waals surface area contributed by atoms with Crippen LogP contribution in [0.15, 0.2) is 65.2 Å². The van der Waals surface area contributed by atoms with Gasteiger partial charge in [-0.1, -0.05) is 30.1 Å². The molecule has 0 aliphatic rings. The number of rotatable bonds is 8. The Bertz CT molecular complexity index is 1250. The van der Waals surface area contributed by atoms with Crippen LogP contribution in [-0.4, -0.2) is 22.3 Å². The highest BCUT2D eigenvalue weighted by atomic mass is 35.5. The molecule has 1 aromatic heterocycles. The molecule has 164 valence electrons. The van der Waals surface area contributed by atoms with E-state index in [0.29, 0.717) is 33.5 Å². The van der Waals surface area contributed by atoms with Crippen LogP contribution in [0, 0.1) is 0 Å². The van der Waals surface area contributed by atoms with E-state index < -0.39 is 12.1 Å². The molecule has 4 aromatic rings. The third-order valence-corrected chi connectivity index (χ3v) is 5.25. The summed E-state index contributed by atoms with van der Waals surface area (Å²) in [6.07, 6.45) is 0.807. The Morgan fingerprint density at radius 3 is 2.50 bits per heavy atom. The van der Waals surface area contributed by atoms with Crippen molar-refractivity contribution in [3.8, 4) is 28.5 Å². The molecular weight excluding hydrogens is 430 g/mol. The predicted octanol–water partition coefficient (Wildman–Crippen LogP) is 6.74. The number of carboxylic acid groups (broad SMARTS) is 1. The average Bonchev–Trinajstić information content (AvgIpc) is 3.19. The molecule has 7 heteroatoms. The summed E-state index contributed by atoms with van der Waals surface area (Å²) in [5.74, 6) is 0.825. The normalized spacial score (nSPS) is 12.0. The maximum absolute atomic E-state index is 11.1. The summed E-state index contributed by atoms with van der Waals surface area (Å²) in [5.41, 5.74) is 3.27. The molecule has 0 bridgehead atoms. The Hall–Kier alpha value is -3.51. The Balaban J connectivity index is 1.70. The van der Waals surface area contributed by atoms with Crippen molar-refractivity contribution in [2.75, 3.05) is 0 Å². The van der Waals surface area contributed by atoms with Crippen LogP contribution in [0.2, 0.25) is 5.02 Å². The van der Waals surface area contributed by atoms with E-state index in [1.165, 1.54) is 6.92 Å². The molecule has 0 amide bonds. The lowest BCUT2D eigenvalue weighted by Crippen LogP contribution is -2.22. The molecule has 1 atom stereocenters. The van der Waals surface area contributed by atoms with E-state index in [9.17, 15) is 4.79 Å². The van der Waals surface area contributed by atoms with Crippen LogP contribution in [0.5, 0.6) is 17.2 Å². The van der Waals surface area contributed by atoms with Crippen LogP contribution < -0.4 is 9.47 Å². The fourth-order valence-corrected chi connectivity index (χ4v) is 3.55. The highest BCUT2D eigenvalue weighted by molar-refractivity contribution is 6.30. The number of halogens is 1. The number of aliphatic carboxylic acids is 1. The van der Waals surface area contributed by atoms with Crippen LogP contribution in [-0.2, 0) is 11.2 Å². The first-order valence-electron chi connectivity index (χ1n) is 10.3. The summed E-state index contributed by atoms with van der Waals surface area (Å²) >= 11 is 5.95. The number of aromatic nitrogens is 1. The Morgan fingerprint density at radius 2 is 1.78 bits per heavy atom. The zero-order valence-electron chi connectivity index (χ0n) is 17.7. The van der Waals surface area contributed by atoms with Crippen molar-refractivity contribution in [1.29, 1.82) is 0 Å². The monoisotopic (exact) mass is 451 g/mol. The lowest BCUT2D eigenvalue weighted by atomic mass is 9.98. The van der Waals surface area contributed by atoms with Crippen LogP contribution in [0.1, 0.15) is 25.8 Å². The highest BCUT2D eigenvalue weighted by Crippen LogP contribution is 2.36. The molecule has 0 aliphatic carbocycles. The standard InChI is InChI=1S/C25H22ClNO5/c1-3-4-16-13-19(31-18-7-5-17(26)6-8-18)9-11-21(16)24-22-14-20(30-15(2)25(28)29)10-12-23(22)32-27-24/h5-15H,3-4H2,1-2H3,(H,28,29). The smallest absolute Gasteiger partial charge is 0.344 e. The molecule has 1 heterocycles.